The highest BCUT2D eigenvalue weighted by atomic mass is 79.9. The first-order valence-corrected chi connectivity index (χ1v) is 6.09. The Morgan fingerprint density at radius 1 is 1.29 bits per heavy atom. The van der Waals surface area contributed by atoms with E-state index in [0.29, 0.717) is 17.9 Å². The molecule has 0 fully saturated rings. The van der Waals surface area contributed by atoms with Gasteiger partial charge >= 0.3 is 5.97 Å². The molecule has 0 aliphatic heterocycles. The second-order valence-electron chi connectivity index (χ2n) is 3.56. The summed E-state index contributed by atoms with van der Waals surface area (Å²) < 4.78 is 5.76. The molecule has 0 saturated heterocycles. The Morgan fingerprint density at radius 2 is 1.94 bits per heavy atom. The van der Waals surface area contributed by atoms with Crippen LogP contribution in [0, 0.1) is 0 Å². The van der Waals surface area contributed by atoms with Gasteiger partial charge in [-0.15, -0.1) is 0 Å². The summed E-state index contributed by atoms with van der Waals surface area (Å²) >= 11 is 3.41. The van der Waals surface area contributed by atoms with E-state index in [-0.39, 0.29) is 5.97 Å². The third-order valence-electron chi connectivity index (χ3n) is 2.53. The first-order chi connectivity index (χ1) is 8.16. The normalized spacial score (nSPS) is 10.5. The van der Waals surface area contributed by atoms with Gasteiger partial charge in [-0.1, -0.05) is 30.3 Å². The number of fused-ring (bicyclic) bond motifs is 1. The molecule has 0 radical (unpaired) electrons. The van der Waals surface area contributed by atoms with E-state index in [9.17, 15) is 4.79 Å². The van der Waals surface area contributed by atoms with Crippen LogP contribution >= 0.6 is 15.9 Å². The van der Waals surface area contributed by atoms with Gasteiger partial charge in [0.1, 0.15) is 0 Å². The van der Waals surface area contributed by atoms with Crippen LogP contribution in [0.15, 0.2) is 34.8 Å². The Bertz CT molecular complexity index is 539. The van der Waals surface area contributed by atoms with Crippen LogP contribution in [0.2, 0.25) is 0 Å². The molecule has 3 nitrogen and oxygen atoms in total. The van der Waals surface area contributed by atoms with Crippen molar-refractivity contribution in [1.82, 2.24) is 0 Å². The molecule has 0 amide bonds. The zero-order valence-electron chi connectivity index (χ0n) is 9.37. The summed E-state index contributed by atoms with van der Waals surface area (Å²) in [6.45, 7) is 2.11. The fraction of sp³-hybridized carbons (Fsp3) is 0.154. The molecule has 2 rings (SSSR count). The minimum absolute atomic E-state index is 0.335. The highest BCUT2D eigenvalue weighted by Gasteiger charge is 2.24. The lowest BCUT2D eigenvalue weighted by atomic mass is 10.1. The Balaban J connectivity index is 2.66. The molecule has 0 spiro atoms. The van der Waals surface area contributed by atoms with E-state index < -0.39 is 0 Å². The molecule has 0 atom stereocenters. The van der Waals surface area contributed by atoms with E-state index in [4.69, 9.17) is 10.5 Å². The number of carbonyl (C=O) groups excluding carboxylic acids is 1. The maximum absolute atomic E-state index is 11.9. The monoisotopic (exact) mass is 293 g/mol. The van der Waals surface area contributed by atoms with Gasteiger partial charge in [-0.2, -0.15) is 0 Å². The number of rotatable bonds is 2. The number of carbonyl (C=O) groups is 1. The van der Waals surface area contributed by atoms with Crippen molar-refractivity contribution in [1.29, 1.82) is 0 Å². The number of nitrogen functional groups attached to an aromatic ring is 1. The lowest BCUT2D eigenvalue weighted by Crippen LogP contribution is -2.06. The summed E-state index contributed by atoms with van der Waals surface area (Å²) in [7, 11) is 0. The van der Waals surface area contributed by atoms with Crippen LogP contribution in [-0.4, -0.2) is 12.6 Å². The number of ether oxygens (including phenoxy) is 1. The summed E-state index contributed by atoms with van der Waals surface area (Å²) in [5.41, 5.74) is 8.53. The predicted octanol–water partition coefficient (Wildman–Crippen LogP) is 3.31. The Kier molecular flexibility index (Phi) is 3.33. The fourth-order valence-corrected chi connectivity index (χ4v) is 2.32. The standard InChI is InChI=1S/C13H12BrNO2/c1-2-17-13(16)10-8-6-4-3-5-7-9(8)11(14)12(10)15/h3-7H,2,15H2,1H3. The Labute approximate surface area is 108 Å². The molecule has 0 heterocycles. The van der Waals surface area contributed by atoms with Crippen LogP contribution in [-0.2, 0) is 4.74 Å². The van der Waals surface area contributed by atoms with Gasteiger partial charge in [0.05, 0.1) is 17.9 Å². The number of esters is 1. The predicted molar refractivity (Wildman–Crippen MR) is 71.1 cm³/mol. The number of anilines is 1. The van der Waals surface area contributed by atoms with E-state index in [2.05, 4.69) is 15.9 Å². The third-order valence-corrected chi connectivity index (χ3v) is 3.38. The number of hydrogen-bond donors (Lipinski definition) is 1. The quantitative estimate of drug-likeness (QED) is 0.864. The molecular formula is C13H12BrNO2. The second kappa shape index (κ2) is 4.75. The minimum atomic E-state index is -0.383. The van der Waals surface area contributed by atoms with Crippen molar-refractivity contribution in [2.24, 2.45) is 0 Å². The topological polar surface area (TPSA) is 52.3 Å². The molecule has 0 aromatic carbocycles. The number of nitrogens with two attached hydrogens (primary N) is 1. The number of hydrogen-bond acceptors (Lipinski definition) is 3. The van der Waals surface area contributed by atoms with Gasteiger partial charge < -0.3 is 10.5 Å². The molecule has 0 aromatic rings. The van der Waals surface area contributed by atoms with Crippen LogP contribution in [0.4, 0.5) is 5.69 Å². The first-order valence-electron chi connectivity index (χ1n) is 5.29. The van der Waals surface area contributed by atoms with E-state index in [1.54, 1.807) is 6.92 Å². The van der Waals surface area contributed by atoms with E-state index in [1.165, 1.54) is 0 Å². The maximum Gasteiger partial charge on any atom is 0.340 e. The molecule has 2 N–H and O–H groups in total. The van der Waals surface area contributed by atoms with Crippen molar-refractivity contribution < 1.29 is 9.53 Å². The zero-order valence-corrected chi connectivity index (χ0v) is 11.0. The molecule has 0 bridgehead atoms. The number of halogens is 1. The van der Waals surface area contributed by atoms with Gasteiger partial charge in [-0.25, -0.2) is 4.79 Å². The van der Waals surface area contributed by atoms with Gasteiger partial charge in [0.2, 0.25) is 0 Å². The van der Waals surface area contributed by atoms with Crippen molar-refractivity contribution in [3.63, 3.8) is 0 Å². The highest BCUT2D eigenvalue weighted by Crippen LogP contribution is 2.42. The van der Waals surface area contributed by atoms with Crippen molar-refractivity contribution in [3.05, 3.63) is 40.4 Å². The molecule has 2 aliphatic rings. The molecule has 88 valence electrons. The maximum atomic E-state index is 11.9. The largest absolute Gasteiger partial charge is 0.462 e. The molecule has 0 aromatic heterocycles. The molecule has 0 saturated carbocycles. The first kappa shape index (κ1) is 11.9. The summed E-state index contributed by atoms with van der Waals surface area (Å²) in [6.07, 6.45) is 0. The zero-order chi connectivity index (χ0) is 12.4. The fourth-order valence-electron chi connectivity index (χ4n) is 1.78. The smallest absolute Gasteiger partial charge is 0.340 e. The van der Waals surface area contributed by atoms with Crippen molar-refractivity contribution >= 4 is 27.6 Å². The third kappa shape index (κ3) is 2.00. The molecule has 17 heavy (non-hydrogen) atoms. The van der Waals surface area contributed by atoms with E-state index in [0.717, 1.165) is 15.6 Å². The lowest BCUT2D eigenvalue weighted by Gasteiger charge is -2.02. The van der Waals surface area contributed by atoms with Gasteiger partial charge in [-0.05, 0) is 34.0 Å². The van der Waals surface area contributed by atoms with Crippen LogP contribution in [0.5, 0.6) is 0 Å². The van der Waals surface area contributed by atoms with E-state index >= 15 is 0 Å². The second-order valence-corrected chi connectivity index (χ2v) is 4.35. The van der Waals surface area contributed by atoms with Crippen LogP contribution in [0.3, 0.4) is 0 Å². The van der Waals surface area contributed by atoms with Crippen LogP contribution < -0.4 is 5.73 Å². The van der Waals surface area contributed by atoms with Crippen molar-refractivity contribution in [2.75, 3.05) is 12.3 Å². The minimum Gasteiger partial charge on any atom is -0.462 e. The molecule has 4 heteroatoms. The van der Waals surface area contributed by atoms with Crippen LogP contribution in [0.25, 0.3) is 11.1 Å². The molecular weight excluding hydrogens is 282 g/mol. The van der Waals surface area contributed by atoms with Crippen LogP contribution in [0.1, 0.15) is 17.3 Å². The SMILES string of the molecule is CCOC(=O)c1c2cccccc-2c(Br)c1N. The highest BCUT2D eigenvalue weighted by molar-refractivity contribution is 9.10. The summed E-state index contributed by atoms with van der Waals surface area (Å²) in [5, 5.41) is 0. The molecule has 0 unspecified atom stereocenters. The van der Waals surface area contributed by atoms with E-state index in [1.807, 2.05) is 30.3 Å². The van der Waals surface area contributed by atoms with Gasteiger partial charge in [0.25, 0.3) is 0 Å². The summed E-state index contributed by atoms with van der Waals surface area (Å²) in [5.74, 6) is -0.383. The summed E-state index contributed by atoms with van der Waals surface area (Å²) in [6, 6.07) is 9.46. The van der Waals surface area contributed by atoms with Gasteiger partial charge in [0, 0.05) is 4.47 Å². The van der Waals surface area contributed by atoms with Gasteiger partial charge in [-0.3, -0.25) is 0 Å². The Morgan fingerprint density at radius 3 is 2.59 bits per heavy atom. The van der Waals surface area contributed by atoms with Crippen molar-refractivity contribution in [2.45, 2.75) is 6.92 Å². The molecule has 2 aliphatic carbocycles. The summed E-state index contributed by atoms with van der Waals surface area (Å²) in [4.78, 5) is 11.9. The lowest BCUT2D eigenvalue weighted by molar-refractivity contribution is 0.0529. The van der Waals surface area contributed by atoms with Gasteiger partial charge in [0.15, 0.2) is 0 Å². The average molecular weight is 294 g/mol. The average Bonchev–Trinajstić information content (AvgIpc) is 2.49. The Hall–Kier alpha value is -1.55. The van der Waals surface area contributed by atoms with Crippen molar-refractivity contribution in [3.8, 4) is 11.1 Å².